The number of rotatable bonds is 2. The Balaban J connectivity index is 2.39. The van der Waals surface area contributed by atoms with Crippen LogP contribution >= 0.6 is 0 Å². The number of ketones is 1. The van der Waals surface area contributed by atoms with E-state index in [1.807, 2.05) is 0 Å². The number of alkyl halides is 3. The van der Waals surface area contributed by atoms with Crippen LogP contribution in [-0.4, -0.2) is 5.78 Å². The summed E-state index contributed by atoms with van der Waals surface area (Å²) in [7, 11) is 0. The molecule has 0 N–H and O–H groups in total. The molecule has 20 heavy (non-hydrogen) atoms. The van der Waals surface area contributed by atoms with E-state index in [2.05, 4.69) is 0 Å². The van der Waals surface area contributed by atoms with Gasteiger partial charge in [-0.05, 0) is 30.2 Å². The highest BCUT2D eigenvalue weighted by atomic mass is 19.4. The lowest BCUT2D eigenvalue weighted by Crippen LogP contribution is -2.07. The molecular formula is C15H10F4O. The zero-order valence-electron chi connectivity index (χ0n) is 10.5. The first-order chi connectivity index (χ1) is 9.29. The second-order valence-electron chi connectivity index (χ2n) is 4.33. The van der Waals surface area contributed by atoms with Gasteiger partial charge >= 0.3 is 6.18 Å². The van der Waals surface area contributed by atoms with E-state index < -0.39 is 17.6 Å². The van der Waals surface area contributed by atoms with Crippen LogP contribution in [0.5, 0.6) is 0 Å². The number of carbonyl (C=O) groups is 1. The van der Waals surface area contributed by atoms with Gasteiger partial charge in [-0.25, -0.2) is 4.39 Å². The number of halogens is 4. The van der Waals surface area contributed by atoms with Gasteiger partial charge in [0.15, 0.2) is 5.78 Å². The molecule has 0 amide bonds. The average molecular weight is 282 g/mol. The predicted molar refractivity (Wildman–Crippen MR) is 66.8 cm³/mol. The van der Waals surface area contributed by atoms with Crippen LogP contribution in [0, 0.1) is 5.82 Å². The lowest BCUT2D eigenvalue weighted by atomic mass is 10.0. The van der Waals surface area contributed by atoms with Crippen LogP contribution in [0.1, 0.15) is 22.8 Å². The summed E-state index contributed by atoms with van der Waals surface area (Å²) in [6, 6.07) is 8.99. The molecule has 104 valence electrons. The third kappa shape index (κ3) is 2.87. The topological polar surface area (TPSA) is 17.1 Å². The molecule has 0 bridgehead atoms. The minimum Gasteiger partial charge on any atom is -0.295 e. The molecule has 1 nitrogen and oxygen atoms in total. The van der Waals surface area contributed by atoms with Gasteiger partial charge in [-0.2, -0.15) is 13.2 Å². The van der Waals surface area contributed by atoms with Crippen molar-refractivity contribution in [1.29, 1.82) is 0 Å². The van der Waals surface area contributed by atoms with E-state index in [1.54, 1.807) is 24.3 Å². The molecule has 5 heteroatoms. The molecule has 2 aromatic rings. The van der Waals surface area contributed by atoms with E-state index in [0.717, 1.165) is 6.07 Å². The minimum absolute atomic E-state index is 0.116. The van der Waals surface area contributed by atoms with Crippen LogP contribution in [0.15, 0.2) is 42.5 Å². The van der Waals surface area contributed by atoms with Crippen LogP contribution in [-0.2, 0) is 6.18 Å². The number of hydrogen-bond acceptors (Lipinski definition) is 1. The minimum atomic E-state index is -4.71. The predicted octanol–water partition coefficient (Wildman–Crippen LogP) is 4.71. The SMILES string of the molecule is CC(=O)c1ccc(-c2ccc(C(F)(F)F)c(F)c2)cc1. The van der Waals surface area contributed by atoms with Crippen LogP contribution in [0.4, 0.5) is 17.6 Å². The summed E-state index contributed by atoms with van der Waals surface area (Å²) in [6.07, 6.45) is -4.71. The Morgan fingerprint density at radius 3 is 1.95 bits per heavy atom. The van der Waals surface area contributed by atoms with Crippen molar-refractivity contribution in [3.8, 4) is 11.1 Å². The summed E-state index contributed by atoms with van der Waals surface area (Å²) >= 11 is 0. The van der Waals surface area contributed by atoms with Crippen molar-refractivity contribution in [2.75, 3.05) is 0 Å². The molecule has 0 radical (unpaired) electrons. The average Bonchev–Trinajstić information content (AvgIpc) is 2.37. The molecular weight excluding hydrogens is 272 g/mol. The summed E-state index contributed by atoms with van der Waals surface area (Å²) in [4.78, 5) is 11.1. The maximum Gasteiger partial charge on any atom is 0.419 e. The van der Waals surface area contributed by atoms with Gasteiger partial charge < -0.3 is 0 Å². The third-order valence-electron chi connectivity index (χ3n) is 2.90. The Labute approximate surface area is 112 Å². The maximum atomic E-state index is 13.5. The normalized spacial score (nSPS) is 11.4. The number of hydrogen-bond donors (Lipinski definition) is 0. The smallest absolute Gasteiger partial charge is 0.295 e. The van der Waals surface area contributed by atoms with E-state index in [0.29, 0.717) is 22.8 Å². The summed E-state index contributed by atoms with van der Waals surface area (Å²) in [5.74, 6) is -1.43. The highest BCUT2D eigenvalue weighted by molar-refractivity contribution is 5.94. The van der Waals surface area contributed by atoms with Gasteiger partial charge in [0.2, 0.25) is 0 Å². The molecule has 0 aliphatic rings. The Kier molecular flexibility index (Phi) is 3.61. The highest BCUT2D eigenvalue weighted by Gasteiger charge is 2.33. The second-order valence-corrected chi connectivity index (χ2v) is 4.33. The number of carbonyl (C=O) groups excluding carboxylic acids is 1. The van der Waals surface area contributed by atoms with E-state index in [9.17, 15) is 22.4 Å². The van der Waals surface area contributed by atoms with Gasteiger partial charge in [0.1, 0.15) is 5.82 Å². The summed E-state index contributed by atoms with van der Waals surface area (Å²) in [5.41, 5.74) is 0.0657. The van der Waals surface area contributed by atoms with Crippen LogP contribution in [0.3, 0.4) is 0 Å². The number of Topliss-reactive ketones (excluding diaryl/α,β-unsaturated/α-hetero) is 1. The van der Waals surface area contributed by atoms with E-state index in [4.69, 9.17) is 0 Å². The molecule has 0 saturated carbocycles. The Hall–Kier alpha value is -2.17. The molecule has 0 heterocycles. The molecule has 0 unspecified atom stereocenters. The van der Waals surface area contributed by atoms with Crippen molar-refractivity contribution >= 4 is 5.78 Å². The highest BCUT2D eigenvalue weighted by Crippen LogP contribution is 2.33. The molecule has 0 saturated heterocycles. The van der Waals surface area contributed by atoms with Crippen molar-refractivity contribution in [1.82, 2.24) is 0 Å². The third-order valence-corrected chi connectivity index (χ3v) is 2.90. The largest absolute Gasteiger partial charge is 0.419 e. The van der Waals surface area contributed by atoms with E-state index in [1.165, 1.54) is 13.0 Å². The molecule has 0 aliphatic heterocycles. The van der Waals surface area contributed by atoms with E-state index in [-0.39, 0.29) is 5.78 Å². The molecule has 0 aromatic heterocycles. The van der Waals surface area contributed by atoms with Crippen LogP contribution in [0.25, 0.3) is 11.1 Å². The molecule has 0 atom stereocenters. The molecule has 0 aliphatic carbocycles. The monoisotopic (exact) mass is 282 g/mol. The molecule has 0 fully saturated rings. The van der Waals surface area contributed by atoms with Gasteiger partial charge in [0, 0.05) is 5.56 Å². The second kappa shape index (κ2) is 5.07. The first-order valence-corrected chi connectivity index (χ1v) is 5.77. The van der Waals surface area contributed by atoms with Gasteiger partial charge in [0.05, 0.1) is 5.56 Å². The van der Waals surface area contributed by atoms with Crippen LogP contribution in [0.2, 0.25) is 0 Å². The fourth-order valence-electron chi connectivity index (χ4n) is 1.82. The number of benzene rings is 2. The Morgan fingerprint density at radius 1 is 0.950 bits per heavy atom. The Morgan fingerprint density at radius 2 is 1.50 bits per heavy atom. The first-order valence-electron chi connectivity index (χ1n) is 5.77. The summed E-state index contributed by atoms with van der Waals surface area (Å²) < 4.78 is 50.8. The van der Waals surface area contributed by atoms with Gasteiger partial charge in [-0.15, -0.1) is 0 Å². The first kappa shape index (κ1) is 14.2. The quantitative estimate of drug-likeness (QED) is 0.575. The lowest BCUT2D eigenvalue weighted by molar-refractivity contribution is -0.139. The van der Waals surface area contributed by atoms with Crippen molar-refractivity contribution < 1.29 is 22.4 Å². The summed E-state index contributed by atoms with van der Waals surface area (Å²) in [6.45, 7) is 1.41. The van der Waals surface area contributed by atoms with Crippen molar-refractivity contribution in [2.24, 2.45) is 0 Å². The lowest BCUT2D eigenvalue weighted by Gasteiger charge is -2.09. The molecule has 2 rings (SSSR count). The zero-order valence-corrected chi connectivity index (χ0v) is 10.5. The van der Waals surface area contributed by atoms with Gasteiger partial charge in [0.25, 0.3) is 0 Å². The van der Waals surface area contributed by atoms with Crippen molar-refractivity contribution in [3.63, 3.8) is 0 Å². The summed E-state index contributed by atoms with van der Waals surface area (Å²) in [5, 5.41) is 0. The molecule has 0 spiro atoms. The standard InChI is InChI=1S/C15H10F4O/c1-9(20)10-2-4-11(5-3-10)12-6-7-13(14(16)8-12)15(17,18)19/h2-8H,1H3. The maximum absolute atomic E-state index is 13.5. The fourth-order valence-corrected chi connectivity index (χ4v) is 1.82. The fraction of sp³-hybridized carbons (Fsp3) is 0.133. The Bertz CT molecular complexity index is 642. The van der Waals surface area contributed by atoms with Crippen molar-refractivity contribution in [3.05, 3.63) is 59.4 Å². The van der Waals surface area contributed by atoms with Gasteiger partial charge in [-0.1, -0.05) is 30.3 Å². The van der Waals surface area contributed by atoms with Gasteiger partial charge in [-0.3, -0.25) is 4.79 Å². The van der Waals surface area contributed by atoms with E-state index >= 15 is 0 Å². The molecule has 2 aromatic carbocycles. The van der Waals surface area contributed by atoms with Crippen LogP contribution < -0.4 is 0 Å². The van der Waals surface area contributed by atoms with Crippen molar-refractivity contribution in [2.45, 2.75) is 13.1 Å². The zero-order chi connectivity index (χ0) is 14.9.